The van der Waals surface area contributed by atoms with Gasteiger partial charge in [0.15, 0.2) is 17.3 Å². The maximum absolute atomic E-state index is 13.9. The number of hydrogen-bond donors (Lipinski definition) is 0. The van der Waals surface area contributed by atoms with Gasteiger partial charge in [0.25, 0.3) is 0 Å². The predicted molar refractivity (Wildman–Crippen MR) is 138 cm³/mol. The molecule has 0 spiro atoms. The number of carbonyl (C=O) groups excluding carboxylic acids is 1. The highest BCUT2D eigenvalue weighted by Gasteiger charge is 2.38. The standard InChI is InChI=1S/C31H23F3O4/c1-36-25-15-14-19(17-27(25)37-2)16-24-28(20-8-4-3-5-9-20)23-12-7-13-26(29(23)30(24)35)38-22-11-6-10-21(18-22)31(32,33)34/h3-18,28H,1-2H3/b24-16-. The van der Waals surface area contributed by atoms with Crippen molar-refractivity contribution in [3.05, 3.63) is 124 Å². The molecule has 4 nitrogen and oxygen atoms in total. The van der Waals surface area contributed by atoms with Crippen LogP contribution in [0.4, 0.5) is 13.2 Å². The van der Waals surface area contributed by atoms with Gasteiger partial charge in [0.05, 0.1) is 25.3 Å². The first-order valence-corrected chi connectivity index (χ1v) is 11.8. The number of rotatable bonds is 6. The van der Waals surface area contributed by atoms with Crippen molar-refractivity contribution >= 4 is 11.9 Å². The van der Waals surface area contributed by atoms with Gasteiger partial charge in [-0.15, -0.1) is 0 Å². The molecular weight excluding hydrogens is 493 g/mol. The van der Waals surface area contributed by atoms with Crippen LogP contribution >= 0.6 is 0 Å². The summed E-state index contributed by atoms with van der Waals surface area (Å²) in [5, 5.41) is 0. The second-order valence-corrected chi connectivity index (χ2v) is 8.73. The molecule has 0 fully saturated rings. The van der Waals surface area contributed by atoms with Crippen LogP contribution in [0.3, 0.4) is 0 Å². The summed E-state index contributed by atoms with van der Waals surface area (Å²) in [5.41, 5.74) is 2.37. The molecule has 0 amide bonds. The monoisotopic (exact) mass is 516 g/mol. The van der Waals surface area contributed by atoms with Gasteiger partial charge in [-0.1, -0.05) is 54.6 Å². The molecular formula is C31H23F3O4. The summed E-state index contributed by atoms with van der Waals surface area (Å²) >= 11 is 0. The van der Waals surface area contributed by atoms with Crippen LogP contribution in [0.15, 0.2) is 96.6 Å². The van der Waals surface area contributed by atoms with E-state index in [0.29, 0.717) is 22.6 Å². The third kappa shape index (κ3) is 4.75. The van der Waals surface area contributed by atoms with E-state index in [0.717, 1.165) is 28.8 Å². The van der Waals surface area contributed by atoms with E-state index in [-0.39, 0.29) is 17.3 Å². The quantitative estimate of drug-likeness (QED) is 0.244. The summed E-state index contributed by atoms with van der Waals surface area (Å²) in [7, 11) is 3.08. The molecule has 0 heterocycles. The van der Waals surface area contributed by atoms with E-state index >= 15 is 0 Å². The molecule has 1 aliphatic rings. The average molecular weight is 517 g/mol. The molecule has 5 rings (SSSR count). The number of Topliss-reactive ketones (excluding diaryl/α,β-unsaturated/α-hetero) is 1. The largest absolute Gasteiger partial charge is 0.493 e. The SMILES string of the molecule is COc1ccc(/C=C2\C(=O)c3c(Oc4cccc(C(F)(F)F)c4)cccc3C2c2ccccc2)cc1OC. The van der Waals surface area contributed by atoms with E-state index in [1.54, 1.807) is 37.5 Å². The molecule has 192 valence electrons. The van der Waals surface area contributed by atoms with Crippen molar-refractivity contribution in [2.75, 3.05) is 14.2 Å². The lowest BCUT2D eigenvalue weighted by atomic mass is 9.89. The lowest BCUT2D eigenvalue weighted by Gasteiger charge is -2.15. The molecule has 38 heavy (non-hydrogen) atoms. The predicted octanol–water partition coefficient (Wildman–Crippen LogP) is 7.93. The number of ether oxygens (including phenoxy) is 3. The van der Waals surface area contributed by atoms with Gasteiger partial charge in [-0.05, 0) is 59.2 Å². The fourth-order valence-corrected chi connectivity index (χ4v) is 4.70. The lowest BCUT2D eigenvalue weighted by molar-refractivity contribution is -0.137. The van der Waals surface area contributed by atoms with Crippen LogP contribution in [0.25, 0.3) is 6.08 Å². The van der Waals surface area contributed by atoms with Crippen molar-refractivity contribution in [1.82, 2.24) is 0 Å². The highest BCUT2D eigenvalue weighted by Crippen LogP contribution is 2.47. The van der Waals surface area contributed by atoms with Crippen LogP contribution in [0.1, 0.15) is 38.5 Å². The second kappa shape index (κ2) is 10.1. The van der Waals surface area contributed by atoms with Crippen LogP contribution in [0, 0.1) is 0 Å². The summed E-state index contributed by atoms with van der Waals surface area (Å²) in [6, 6.07) is 24.7. The molecule has 1 atom stereocenters. The zero-order chi connectivity index (χ0) is 26.9. The van der Waals surface area contributed by atoms with E-state index in [4.69, 9.17) is 14.2 Å². The van der Waals surface area contributed by atoms with Crippen LogP contribution in [0.2, 0.25) is 0 Å². The van der Waals surface area contributed by atoms with Gasteiger partial charge in [0, 0.05) is 11.5 Å². The first-order valence-electron chi connectivity index (χ1n) is 11.8. The minimum atomic E-state index is -4.51. The number of ketones is 1. The molecule has 1 aliphatic carbocycles. The summed E-state index contributed by atoms with van der Waals surface area (Å²) in [6.07, 6.45) is -2.71. The first-order chi connectivity index (χ1) is 18.3. The van der Waals surface area contributed by atoms with Crippen molar-refractivity contribution in [2.45, 2.75) is 12.1 Å². The van der Waals surface area contributed by atoms with Gasteiger partial charge < -0.3 is 14.2 Å². The fraction of sp³-hybridized carbons (Fsp3) is 0.129. The Morgan fingerprint density at radius 1 is 0.763 bits per heavy atom. The number of allylic oxidation sites excluding steroid dienone is 1. The summed E-state index contributed by atoms with van der Waals surface area (Å²) in [6.45, 7) is 0. The van der Waals surface area contributed by atoms with Gasteiger partial charge in [-0.2, -0.15) is 13.2 Å². The highest BCUT2D eigenvalue weighted by atomic mass is 19.4. The van der Waals surface area contributed by atoms with Crippen LogP contribution in [-0.2, 0) is 6.18 Å². The summed E-state index contributed by atoms with van der Waals surface area (Å²) < 4.78 is 56.4. The minimum absolute atomic E-state index is 0.00499. The zero-order valence-corrected chi connectivity index (χ0v) is 20.6. The van der Waals surface area contributed by atoms with Crippen LogP contribution in [0.5, 0.6) is 23.0 Å². The van der Waals surface area contributed by atoms with E-state index < -0.39 is 17.7 Å². The van der Waals surface area contributed by atoms with E-state index in [2.05, 4.69) is 0 Å². The normalized spacial score (nSPS) is 15.9. The van der Waals surface area contributed by atoms with E-state index in [1.165, 1.54) is 19.2 Å². The molecule has 0 saturated heterocycles. The number of hydrogen-bond acceptors (Lipinski definition) is 4. The summed E-state index contributed by atoms with van der Waals surface area (Å²) in [4.78, 5) is 13.9. The van der Waals surface area contributed by atoms with Crippen LogP contribution < -0.4 is 14.2 Å². The first kappa shape index (κ1) is 25.1. The summed E-state index contributed by atoms with van der Waals surface area (Å²) in [5.74, 6) is 0.628. The fourth-order valence-electron chi connectivity index (χ4n) is 4.70. The molecule has 0 aliphatic heterocycles. The molecule has 4 aromatic rings. The molecule has 4 aromatic carbocycles. The Kier molecular flexibility index (Phi) is 6.68. The average Bonchev–Trinajstić information content (AvgIpc) is 3.20. The van der Waals surface area contributed by atoms with Gasteiger partial charge >= 0.3 is 6.18 Å². The topological polar surface area (TPSA) is 44.8 Å². The molecule has 0 bridgehead atoms. The van der Waals surface area contributed by atoms with Gasteiger partial charge in [-0.25, -0.2) is 0 Å². The molecule has 0 aromatic heterocycles. The maximum atomic E-state index is 13.9. The number of benzene rings is 4. The van der Waals surface area contributed by atoms with Crippen molar-refractivity contribution in [3.63, 3.8) is 0 Å². The number of halogens is 3. The Labute approximate surface area is 217 Å². The maximum Gasteiger partial charge on any atom is 0.416 e. The Morgan fingerprint density at radius 3 is 2.21 bits per heavy atom. The van der Waals surface area contributed by atoms with E-state index in [9.17, 15) is 18.0 Å². The molecule has 0 radical (unpaired) electrons. The van der Waals surface area contributed by atoms with Crippen LogP contribution in [-0.4, -0.2) is 20.0 Å². The van der Waals surface area contributed by atoms with Crippen molar-refractivity contribution < 1.29 is 32.2 Å². The van der Waals surface area contributed by atoms with Gasteiger partial charge in [0.2, 0.25) is 0 Å². The molecule has 1 unspecified atom stereocenters. The smallest absolute Gasteiger partial charge is 0.416 e. The number of methoxy groups -OCH3 is 2. The Morgan fingerprint density at radius 2 is 1.50 bits per heavy atom. The Bertz CT molecular complexity index is 1520. The third-order valence-corrected chi connectivity index (χ3v) is 6.42. The third-order valence-electron chi connectivity index (χ3n) is 6.42. The second-order valence-electron chi connectivity index (χ2n) is 8.73. The minimum Gasteiger partial charge on any atom is -0.493 e. The zero-order valence-electron chi connectivity index (χ0n) is 20.6. The Hall–Kier alpha value is -4.52. The number of carbonyl (C=O) groups is 1. The number of fused-ring (bicyclic) bond motifs is 1. The van der Waals surface area contributed by atoms with Crippen molar-refractivity contribution in [1.29, 1.82) is 0 Å². The van der Waals surface area contributed by atoms with Gasteiger partial charge in [-0.3, -0.25) is 4.79 Å². The molecule has 0 N–H and O–H groups in total. The lowest BCUT2D eigenvalue weighted by Crippen LogP contribution is -2.05. The Balaban J connectivity index is 1.62. The van der Waals surface area contributed by atoms with Gasteiger partial charge in [0.1, 0.15) is 11.5 Å². The van der Waals surface area contributed by atoms with E-state index in [1.807, 2.05) is 42.5 Å². The molecule has 0 saturated carbocycles. The van der Waals surface area contributed by atoms with Crippen molar-refractivity contribution in [3.8, 4) is 23.0 Å². The number of alkyl halides is 3. The molecule has 7 heteroatoms. The highest BCUT2D eigenvalue weighted by molar-refractivity contribution is 6.19. The van der Waals surface area contributed by atoms with Crippen molar-refractivity contribution in [2.24, 2.45) is 0 Å².